The summed E-state index contributed by atoms with van der Waals surface area (Å²) in [5.41, 5.74) is 0. The number of halogens is 1. The Morgan fingerprint density at radius 1 is 1.69 bits per heavy atom. The van der Waals surface area contributed by atoms with Crippen molar-refractivity contribution in [1.29, 1.82) is 0 Å². The minimum atomic E-state index is 0.00673. The maximum Gasteiger partial charge on any atom is 0.230 e. The molecule has 2 N–H and O–H groups in total. The second-order valence-corrected chi connectivity index (χ2v) is 4.42. The van der Waals surface area contributed by atoms with Crippen LogP contribution in [0.5, 0.6) is 0 Å². The van der Waals surface area contributed by atoms with Gasteiger partial charge in [-0.15, -0.1) is 0 Å². The first-order chi connectivity index (χ1) is 7.66. The van der Waals surface area contributed by atoms with Gasteiger partial charge in [-0.25, -0.2) is 4.98 Å². The summed E-state index contributed by atoms with van der Waals surface area (Å²) in [6.45, 7) is 2.91. The van der Waals surface area contributed by atoms with Crippen LogP contribution in [-0.4, -0.2) is 23.5 Å². The number of aromatic nitrogens is 1. The van der Waals surface area contributed by atoms with E-state index in [0.29, 0.717) is 10.8 Å². The van der Waals surface area contributed by atoms with E-state index in [1.54, 1.807) is 18.3 Å². The Balaban J connectivity index is 2.02. The molecule has 0 aliphatic carbocycles. The van der Waals surface area contributed by atoms with E-state index in [9.17, 15) is 4.79 Å². The summed E-state index contributed by atoms with van der Waals surface area (Å²) in [6.07, 6.45) is 2.45. The molecular formula is C11H14ClN3O. The Labute approximate surface area is 99.4 Å². The van der Waals surface area contributed by atoms with E-state index >= 15 is 0 Å². The number of carbonyl (C=O) groups excluding carboxylic acids is 1. The zero-order valence-corrected chi connectivity index (χ0v) is 9.79. The number of hydrogen-bond donors (Lipinski definition) is 2. The fraction of sp³-hybridized carbons (Fsp3) is 0.455. The van der Waals surface area contributed by atoms with E-state index < -0.39 is 0 Å². The average molecular weight is 240 g/mol. The van der Waals surface area contributed by atoms with Gasteiger partial charge in [-0.2, -0.15) is 0 Å². The van der Waals surface area contributed by atoms with Gasteiger partial charge in [0.2, 0.25) is 5.91 Å². The van der Waals surface area contributed by atoms with Gasteiger partial charge < -0.3 is 10.6 Å². The van der Waals surface area contributed by atoms with Gasteiger partial charge in [-0.1, -0.05) is 11.6 Å². The molecule has 16 heavy (non-hydrogen) atoms. The van der Waals surface area contributed by atoms with Crippen molar-refractivity contribution in [3.63, 3.8) is 0 Å². The van der Waals surface area contributed by atoms with Crippen LogP contribution in [0.15, 0.2) is 18.3 Å². The lowest BCUT2D eigenvalue weighted by Gasteiger charge is -2.14. The van der Waals surface area contributed by atoms with Crippen LogP contribution in [0.4, 0.5) is 5.82 Å². The molecule has 4 nitrogen and oxygen atoms in total. The zero-order chi connectivity index (χ0) is 11.5. The first kappa shape index (κ1) is 11.4. The molecule has 86 valence electrons. The smallest absolute Gasteiger partial charge is 0.230 e. The van der Waals surface area contributed by atoms with Crippen LogP contribution in [0.3, 0.4) is 0 Å². The molecule has 2 heterocycles. The molecule has 0 aromatic carbocycles. The highest BCUT2D eigenvalue weighted by Crippen LogP contribution is 2.18. The molecule has 0 saturated carbocycles. The SMILES string of the molecule is CC1NCCC1C(=O)Nc1cc(Cl)ccn1. The first-order valence-corrected chi connectivity index (χ1v) is 5.70. The number of anilines is 1. The predicted molar refractivity (Wildman–Crippen MR) is 63.4 cm³/mol. The highest BCUT2D eigenvalue weighted by molar-refractivity contribution is 6.30. The van der Waals surface area contributed by atoms with Crippen LogP contribution in [0.1, 0.15) is 13.3 Å². The monoisotopic (exact) mass is 239 g/mol. The van der Waals surface area contributed by atoms with E-state index in [2.05, 4.69) is 15.6 Å². The van der Waals surface area contributed by atoms with E-state index in [-0.39, 0.29) is 17.9 Å². The first-order valence-electron chi connectivity index (χ1n) is 5.32. The average Bonchev–Trinajstić information content (AvgIpc) is 2.64. The zero-order valence-electron chi connectivity index (χ0n) is 9.03. The third-order valence-corrected chi connectivity index (χ3v) is 3.07. The third-order valence-electron chi connectivity index (χ3n) is 2.84. The molecule has 1 aliphatic heterocycles. The Kier molecular flexibility index (Phi) is 3.41. The van der Waals surface area contributed by atoms with Crippen molar-refractivity contribution in [2.45, 2.75) is 19.4 Å². The normalized spacial score (nSPS) is 24.4. The topological polar surface area (TPSA) is 54.0 Å². The summed E-state index contributed by atoms with van der Waals surface area (Å²) >= 11 is 5.81. The second kappa shape index (κ2) is 4.80. The van der Waals surface area contributed by atoms with E-state index in [4.69, 9.17) is 11.6 Å². The van der Waals surface area contributed by atoms with Crippen LogP contribution in [0, 0.1) is 5.92 Å². The lowest BCUT2D eigenvalue weighted by Crippen LogP contribution is -2.32. The van der Waals surface area contributed by atoms with Crippen LogP contribution < -0.4 is 10.6 Å². The van der Waals surface area contributed by atoms with E-state index in [1.165, 1.54) is 0 Å². The Morgan fingerprint density at radius 2 is 2.50 bits per heavy atom. The molecule has 1 aliphatic rings. The summed E-state index contributed by atoms with van der Waals surface area (Å²) in [4.78, 5) is 15.9. The number of nitrogens with one attached hydrogen (secondary N) is 2. The minimum Gasteiger partial charge on any atom is -0.313 e. The van der Waals surface area contributed by atoms with Gasteiger partial charge in [0, 0.05) is 17.3 Å². The molecule has 2 unspecified atom stereocenters. The molecule has 2 atom stereocenters. The second-order valence-electron chi connectivity index (χ2n) is 3.99. The molecule has 0 spiro atoms. The molecule has 0 radical (unpaired) electrons. The van der Waals surface area contributed by atoms with Crippen LogP contribution >= 0.6 is 11.6 Å². The summed E-state index contributed by atoms with van der Waals surface area (Å²) in [5, 5.41) is 6.59. The Morgan fingerprint density at radius 3 is 3.12 bits per heavy atom. The summed E-state index contributed by atoms with van der Waals surface area (Å²) < 4.78 is 0. The van der Waals surface area contributed by atoms with Gasteiger partial charge in [0.25, 0.3) is 0 Å². The molecule has 1 fully saturated rings. The maximum absolute atomic E-state index is 11.9. The highest BCUT2D eigenvalue weighted by Gasteiger charge is 2.29. The summed E-state index contributed by atoms with van der Waals surface area (Å²) in [6, 6.07) is 3.54. The number of amides is 1. The molecule has 1 aromatic rings. The molecule has 1 amide bonds. The predicted octanol–water partition coefficient (Wildman–Crippen LogP) is 1.67. The minimum absolute atomic E-state index is 0.00673. The van der Waals surface area contributed by atoms with Gasteiger partial charge in [-0.3, -0.25) is 4.79 Å². The fourth-order valence-electron chi connectivity index (χ4n) is 1.91. The van der Waals surface area contributed by atoms with Gasteiger partial charge in [0.15, 0.2) is 0 Å². The van der Waals surface area contributed by atoms with Crippen LogP contribution in [0.2, 0.25) is 5.02 Å². The molecule has 5 heteroatoms. The molecule has 0 bridgehead atoms. The van der Waals surface area contributed by atoms with E-state index in [0.717, 1.165) is 13.0 Å². The number of rotatable bonds is 2. The van der Waals surface area contributed by atoms with Crippen molar-refractivity contribution in [2.75, 3.05) is 11.9 Å². The molecule has 1 saturated heterocycles. The van der Waals surface area contributed by atoms with Crippen molar-refractivity contribution in [3.05, 3.63) is 23.4 Å². The standard InChI is InChI=1S/C11H14ClN3O/c1-7-9(3-5-13-7)11(16)15-10-6-8(12)2-4-14-10/h2,4,6-7,9,13H,3,5H2,1H3,(H,14,15,16). The third kappa shape index (κ3) is 2.51. The van der Waals surface area contributed by atoms with Crippen molar-refractivity contribution in [1.82, 2.24) is 10.3 Å². The number of hydrogen-bond acceptors (Lipinski definition) is 3. The summed E-state index contributed by atoms with van der Waals surface area (Å²) in [7, 11) is 0. The van der Waals surface area contributed by atoms with Crippen LogP contribution in [-0.2, 0) is 4.79 Å². The summed E-state index contributed by atoms with van der Waals surface area (Å²) in [5.74, 6) is 0.532. The highest BCUT2D eigenvalue weighted by atomic mass is 35.5. The molecule has 2 rings (SSSR count). The molecule has 1 aromatic heterocycles. The Bertz CT molecular complexity index is 397. The van der Waals surface area contributed by atoms with Crippen molar-refractivity contribution >= 4 is 23.3 Å². The van der Waals surface area contributed by atoms with E-state index in [1.807, 2.05) is 6.92 Å². The van der Waals surface area contributed by atoms with Crippen molar-refractivity contribution < 1.29 is 4.79 Å². The van der Waals surface area contributed by atoms with Gasteiger partial charge in [0.05, 0.1) is 5.92 Å². The van der Waals surface area contributed by atoms with Crippen molar-refractivity contribution in [2.24, 2.45) is 5.92 Å². The maximum atomic E-state index is 11.9. The van der Waals surface area contributed by atoms with Crippen molar-refractivity contribution in [3.8, 4) is 0 Å². The lowest BCUT2D eigenvalue weighted by molar-refractivity contribution is -0.120. The number of carbonyl (C=O) groups is 1. The van der Waals surface area contributed by atoms with Gasteiger partial charge >= 0.3 is 0 Å². The number of pyridine rings is 1. The van der Waals surface area contributed by atoms with Gasteiger partial charge in [0.1, 0.15) is 5.82 Å². The number of nitrogens with zero attached hydrogens (tertiary/aromatic N) is 1. The lowest BCUT2D eigenvalue weighted by atomic mass is 10.0. The largest absolute Gasteiger partial charge is 0.313 e. The van der Waals surface area contributed by atoms with Crippen LogP contribution in [0.25, 0.3) is 0 Å². The molecular weight excluding hydrogens is 226 g/mol. The Hall–Kier alpha value is -1.13. The van der Waals surface area contributed by atoms with Gasteiger partial charge in [-0.05, 0) is 32.0 Å². The quantitative estimate of drug-likeness (QED) is 0.826. The fourth-order valence-corrected chi connectivity index (χ4v) is 2.07.